The van der Waals surface area contributed by atoms with E-state index < -0.39 is 0 Å². The molecule has 0 saturated heterocycles. The fourth-order valence-corrected chi connectivity index (χ4v) is 1.36. The van der Waals surface area contributed by atoms with Crippen LogP contribution >= 0.6 is 0 Å². The molecular formula is C10H11N3O2. The highest BCUT2D eigenvalue weighted by Gasteiger charge is 2.02. The Kier molecular flexibility index (Phi) is 2.29. The Morgan fingerprint density at radius 1 is 1.47 bits per heavy atom. The lowest BCUT2D eigenvalue weighted by Crippen LogP contribution is -2.23. The molecule has 2 rings (SSSR count). The van der Waals surface area contributed by atoms with Gasteiger partial charge in [0.2, 0.25) is 0 Å². The van der Waals surface area contributed by atoms with E-state index in [2.05, 4.69) is 5.10 Å². The molecule has 0 aliphatic carbocycles. The number of nitrogens with zero attached hydrogens (tertiary/aromatic N) is 3. The molecule has 15 heavy (non-hydrogen) atoms. The quantitative estimate of drug-likeness (QED) is 0.768. The summed E-state index contributed by atoms with van der Waals surface area (Å²) in [6, 6.07) is 6.77. The molecular weight excluding hydrogens is 194 g/mol. The second-order valence-electron chi connectivity index (χ2n) is 3.35. The molecule has 78 valence electrons. The maximum Gasteiger partial charge on any atom is 0.345 e. The minimum absolute atomic E-state index is 0.168. The average Bonchev–Trinajstić information content (AvgIpc) is 2.50. The van der Waals surface area contributed by atoms with Crippen LogP contribution < -0.4 is 5.69 Å². The summed E-state index contributed by atoms with van der Waals surface area (Å²) in [6.45, 7) is 0.369. The smallest absolute Gasteiger partial charge is 0.345 e. The molecule has 1 N–H and O–H groups in total. The van der Waals surface area contributed by atoms with Crippen LogP contribution in [0, 0.1) is 0 Å². The van der Waals surface area contributed by atoms with Crippen LogP contribution in [0.4, 0.5) is 0 Å². The summed E-state index contributed by atoms with van der Waals surface area (Å²) in [7, 11) is 1.65. The van der Waals surface area contributed by atoms with Gasteiger partial charge in [-0.25, -0.2) is 9.48 Å². The minimum atomic E-state index is -0.168. The highest BCUT2D eigenvalue weighted by atomic mass is 16.3. The monoisotopic (exact) mass is 205 g/mol. The van der Waals surface area contributed by atoms with Crippen molar-refractivity contribution in [1.29, 1.82) is 0 Å². The summed E-state index contributed by atoms with van der Waals surface area (Å²) in [5.74, 6) is 0.191. The first kappa shape index (κ1) is 9.51. The molecule has 1 heterocycles. The first-order valence-electron chi connectivity index (χ1n) is 4.53. The molecule has 0 radical (unpaired) electrons. The molecule has 0 aliphatic heterocycles. The third kappa shape index (κ3) is 1.90. The van der Waals surface area contributed by atoms with Crippen LogP contribution in [0.1, 0.15) is 5.56 Å². The number of hydrogen-bond acceptors (Lipinski definition) is 3. The van der Waals surface area contributed by atoms with Gasteiger partial charge >= 0.3 is 5.69 Å². The van der Waals surface area contributed by atoms with E-state index in [9.17, 15) is 9.90 Å². The molecule has 5 nitrogen and oxygen atoms in total. The zero-order valence-electron chi connectivity index (χ0n) is 8.29. The molecule has 0 atom stereocenters. The van der Waals surface area contributed by atoms with Gasteiger partial charge in [0, 0.05) is 7.05 Å². The number of aromatic hydroxyl groups is 1. The number of benzene rings is 1. The number of aromatic nitrogens is 3. The van der Waals surface area contributed by atoms with E-state index in [0.29, 0.717) is 6.54 Å². The summed E-state index contributed by atoms with van der Waals surface area (Å²) in [6.07, 6.45) is 1.46. The van der Waals surface area contributed by atoms with Gasteiger partial charge in [-0.15, -0.1) is 0 Å². The van der Waals surface area contributed by atoms with E-state index in [-0.39, 0.29) is 11.4 Å². The molecule has 1 aromatic carbocycles. The van der Waals surface area contributed by atoms with E-state index >= 15 is 0 Å². The van der Waals surface area contributed by atoms with Crippen LogP contribution in [-0.4, -0.2) is 19.5 Å². The van der Waals surface area contributed by atoms with E-state index in [1.54, 1.807) is 25.2 Å². The van der Waals surface area contributed by atoms with Crippen molar-refractivity contribution in [3.8, 4) is 5.75 Å². The second-order valence-corrected chi connectivity index (χ2v) is 3.35. The maximum atomic E-state index is 11.5. The van der Waals surface area contributed by atoms with Gasteiger partial charge in [-0.2, -0.15) is 5.10 Å². The van der Waals surface area contributed by atoms with E-state index in [1.807, 2.05) is 6.07 Å². The Morgan fingerprint density at radius 3 is 2.87 bits per heavy atom. The second kappa shape index (κ2) is 3.61. The maximum absolute atomic E-state index is 11.5. The van der Waals surface area contributed by atoms with Crippen molar-refractivity contribution in [2.45, 2.75) is 6.54 Å². The Bertz CT molecular complexity index is 527. The topological polar surface area (TPSA) is 60.1 Å². The van der Waals surface area contributed by atoms with Crippen molar-refractivity contribution < 1.29 is 5.11 Å². The zero-order chi connectivity index (χ0) is 10.8. The van der Waals surface area contributed by atoms with Crippen LogP contribution in [-0.2, 0) is 13.6 Å². The molecule has 0 bridgehead atoms. The number of hydrogen-bond donors (Lipinski definition) is 1. The Labute approximate surface area is 86.2 Å². The average molecular weight is 205 g/mol. The van der Waals surface area contributed by atoms with E-state index in [1.165, 1.54) is 15.6 Å². The Morgan fingerprint density at radius 2 is 2.27 bits per heavy atom. The van der Waals surface area contributed by atoms with Crippen molar-refractivity contribution in [2.24, 2.45) is 7.05 Å². The molecule has 5 heteroatoms. The van der Waals surface area contributed by atoms with Crippen molar-refractivity contribution in [1.82, 2.24) is 14.3 Å². The standard InChI is InChI=1S/C10H11N3O2/c1-12-7-11-13(10(12)15)6-8-3-2-4-9(14)5-8/h2-5,7,14H,6H2,1H3. The number of phenolic OH excluding ortho intramolecular Hbond substituents is 1. The number of rotatable bonds is 2. The van der Waals surface area contributed by atoms with Crippen LogP contribution in [0.5, 0.6) is 5.75 Å². The molecule has 0 spiro atoms. The van der Waals surface area contributed by atoms with Gasteiger partial charge in [0.25, 0.3) is 0 Å². The van der Waals surface area contributed by atoms with Gasteiger partial charge in [-0.05, 0) is 17.7 Å². The zero-order valence-corrected chi connectivity index (χ0v) is 8.29. The van der Waals surface area contributed by atoms with Crippen molar-refractivity contribution >= 4 is 0 Å². The Balaban J connectivity index is 2.30. The summed E-state index contributed by atoms with van der Waals surface area (Å²) < 4.78 is 2.75. The molecule has 2 aromatic rings. The molecule has 0 fully saturated rings. The predicted octanol–water partition coefficient (Wildman–Crippen LogP) is 0.336. The third-order valence-corrected chi connectivity index (χ3v) is 2.13. The third-order valence-electron chi connectivity index (χ3n) is 2.13. The summed E-state index contributed by atoms with van der Waals surface area (Å²) >= 11 is 0. The fraction of sp³-hybridized carbons (Fsp3) is 0.200. The number of aryl methyl sites for hydroxylation is 1. The van der Waals surface area contributed by atoms with Crippen LogP contribution in [0.25, 0.3) is 0 Å². The first-order valence-corrected chi connectivity index (χ1v) is 4.53. The van der Waals surface area contributed by atoms with Crippen LogP contribution in [0.2, 0.25) is 0 Å². The summed E-state index contributed by atoms with van der Waals surface area (Å²) in [5.41, 5.74) is 0.675. The largest absolute Gasteiger partial charge is 0.508 e. The first-order chi connectivity index (χ1) is 7.16. The Hall–Kier alpha value is -2.04. The predicted molar refractivity (Wildman–Crippen MR) is 54.7 cm³/mol. The van der Waals surface area contributed by atoms with Crippen molar-refractivity contribution in [3.63, 3.8) is 0 Å². The van der Waals surface area contributed by atoms with Gasteiger partial charge in [0.05, 0.1) is 6.54 Å². The SMILES string of the molecule is Cn1cnn(Cc2cccc(O)c2)c1=O. The summed E-state index contributed by atoms with van der Waals surface area (Å²) in [4.78, 5) is 11.5. The van der Waals surface area contributed by atoms with Gasteiger partial charge in [-0.3, -0.25) is 4.57 Å². The van der Waals surface area contributed by atoms with Crippen LogP contribution in [0.15, 0.2) is 35.4 Å². The van der Waals surface area contributed by atoms with Gasteiger partial charge in [0.15, 0.2) is 0 Å². The molecule has 0 saturated carbocycles. The molecule has 0 aliphatic rings. The van der Waals surface area contributed by atoms with E-state index in [4.69, 9.17) is 0 Å². The highest BCUT2D eigenvalue weighted by Crippen LogP contribution is 2.10. The molecule has 0 unspecified atom stereocenters. The lowest BCUT2D eigenvalue weighted by molar-refractivity contribution is 0.474. The molecule has 0 amide bonds. The van der Waals surface area contributed by atoms with Gasteiger partial charge < -0.3 is 5.11 Å². The van der Waals surface area contributed by atoms with Crippen molar-refractivity contribution in [3.05, 3.63) is 46.6 Å². The number of phenols is 1. The fourth-order valence-electron chi connectivity index (χ4n) is 1.36. The molecule has 1 aromatic heterocycles. The lowest BCUT2D eigenvalue weighted by atomic mass is 10.2. The minimum Gasteiger partial charge on any atom is -0.508 e. The van der Waals surface area contributed by atoms with Crippen molar-refractivity contribution in [2.75, 3.05) is 0 Å². The van der Waals surface area contributed by atoms with Gasteiger partial charge in [-0.1, -0.05) is 12.1 Å². The lowest BCUT2D eigenvalue weighted by Gasteiger charge is -2.00. The van der Waals surface area contributed by atoms with Gasteiger partial charge in [0.1, 0.15) is 12.1 Å². The highest BCUT2D eigenvalue weighted by molar-refractivity contribution is 5.27. The van der Waals surface area contributed by atoms with Crippen LogP contribution in [0.3, 0.4) is 0 Å². The van der Waals surface area contributed by atoms with E-state index in [0.717, 1.165) is 5.56 Å². The summed E-state index contributed by atoms with van der Waals surface area (Å²) in [5, 5.41) is 13.2. The normalized spacial score (nSPS) is 10.5.